The number of nitro groups is 1. The number of nitrogens with zero attached hydrogens (tertiary/aromatic N) is 3. The average Bonchev–Trinajstić information content (AvgIpc) is 3.15. The molecule has 2 amide bonds. The lowest BCUT2D eigenvalue weighted by Gasteiger charge is -2.04. The zero-order chi connectivity index (χ0) is 20.1. The number of primary amides is 1. The van der Waals surface area contributed by atoms with E-state index in [1.165, 1.54) is 23.5 Å². The number of pyridine rings is 1. The molecule has 0 bridgehead atoms. The molecule has 142 valence electrons. The van der Waals surface area contributed by atoms with E-state index in [2.05, 4.69) is 15.3 Å². The van der Waals surface area contributed by atoms with Gasteiger partial charge in [-0.2, -0.15) is 0 Å². The molecule has 2 aromatic heterocycles. The number of nitrogens with one attached hydrogen (secondary N) is 1. The van der Waals surface area contributed by atoms with Crippen LogP contribution in [0.25, 0.3) is 11.4 Å². The van der Waals surface area contributed by atoms with Crippen molar-refractivity contribution in [3.8, 4) is 11.4 Å². The van der Waals surface area contributed by atoms with E-state index in [1.54, 1.807) is 17.6 Å². The smallest absolute Gasteiger partial charge is 0.283 e. The van der Waals surface area contributed by atoms with Crippen LogP contribution in [0, 0.1) is 10.1 Å². The number of hydrogen-bond donors (Lipinski definition) is 2. The largest absolute Gasteiger partial charge is 0.366 e. The molecular formula is C17H13N5O4S2. The Labute approximate surface area is 167 Å². The molecular weight excluding hydrogens is 402 g/mol. The predicted octanol–water partition coefficient (Wildman–Crippen LogP) is 2.94. The summed E-state index contributed by atoms with van der Waals surface area (Å²) in [5.41, 5.74) is 6.24. The SMILES string of the molecule is NC(=O)c1ccc(SCC(=O)Nc2nc(-c3ccccn3)cs2)c([N+](=O)[O-])c1. The molecule has 0 fully saturated rings. The normalized spacial score (nSPS) is 10.4. The van der Waals surface area contributed by atoms with Crippen LogP contribution in [0.1, 0.15) is 10.4 Å². The first kappa shape index (κ1) is 19.5. The molecule has 3 rings (SSSR count). The lowest BCUT2D eigenvalue weighted by Crippen LogP contribution is -2.14. The van der Waals surface area contributed by atoms with Gasteiger partial charge in [-0.15, -0.1) is 23.1 Å². The maximum absolute atomic E-state index is 12.2. The third-order valence-electron chi connectivity index (χ3n) is 3.48. The third-order valence-corrected chi connectivity index (χ3v) is 5.30. The predicted molar refractivity (Wildman–Crippen MR) is 106 cm³/mol. The summed E-state index contributed by atoms with van der Waals surface area (Å²) in [5, 5.41) is 16.0. The summed E-state index contributed by atoms with van der Waals surface area (Å²) in [7, 11) is 0. The number of nitro benzene ring substituents is 1. The molecule has 0 unspecified atom stereocenters. The van der Waals surface area contributed by atoms with Gasteiger partial charge in [-0.1, -0.05) is 6.07 Å². The Morgan fingerprint density at radius 1 is 1.25 bits per heavy atom. The van der Waals surface area contributed by atoms with Gasteiger partial charge >= 0.3 is 0 Å². The Balaban J connectivity index is 1.64. The highest BCUT2D eigenvalue weighted by Crippen LogP contribution is 2.30. The summed E-state index contributed by atoms with van der Waals surface area (Å²) in [6.07, 6.45) is 1.65. The third kappa shape index (κ3) is 4.69. The van der Waals surface area contributed by atoms with Crippen molar-refractivity contribution in [3.63, 3.8) is 0 Å². The maximum atomic E-state index is 12.2. The number of thiazole rings is 1. The zero-order valence-electron chi connectivity index (χ0n) is 14.2. The molecule has 11 heteroatoms. The Kier molecular flexibility index (Phi) is 5.96. The molecule has 3 N–H and O–H groups in total. The number of benzene rings is 1. The maximum Gasteiger partial charge on any atom is 0.283 e. The molecule has 28 heavy (non-hydrogen) atoms. The topological polar surface area (TPSA) is 141 Å². The molecule has 3 aromatic rings. The second kappa shape index (κ2) is 8.59. The van der Waals surface area contributed by atoms with Gasteiger partial charge in [-0.3, -0.25) is 24.7 Å². The van der Waals surface area contributed by atoms with E-state index in [9.17, 15) is 19.7 Å². The summed E-state index contributed by atoms with van der Waals surface area (Å²) >= 11 is 2.24. The van der Waals surface area contributed by atoms with Crippen LogP contribution in [0.2, 0.25) is 0 Å². The molecule has 0 saturated heterocycles. The quantitative estimate of drug-likeness (QED) is 0.343. The van der Waals surface area contributed by atoms with E-state index >= 15 is 0 Å². The number of rotatable bonds is 7. The van der Waals surface area contributed by atoms with Crippen LogP contribution in [0.3, 0.4) is 0 Å². The lowest BCUT2D eigenvalue weighted by atomic mass is 10.2. The van der Waals surface area contributed by atoms with Gasteiger partial charge in [-0.25, -0.2) is 4.98 Å². The lowest BCUT2D eigenvalue weighted by molar-refractivity contribution is -0.387. The van der Waals surface area contributed by atoms with Gasteiger partial charge < -0.3 is 11.1 Å². The van der Waals surface area contributed by atoms with Crippen LogP contribution in [0.15, 0.2) is 52.9 Å². The van der Waals surface area contributed by atoms with Crippen molar-refractivity contribution in [1.29, 1.82) is 0 Å². The van der Waals surface area contributed by atoms with Crippen LogP contribution < -0.4 is 11.1 Å². The second-order valence-corrected chi connectivity index (χ2v) is 7.27. The molecule has 0 atom stereocenters. The van der Waals surface area contributed by atoms with Crippen LogP contribution in [-0.4, -0.2) is 32.5 Å². The first-order valence-corrected chi connectivity index (χ1v) is 9.68. The Hall–Kier alpha value is -3.31. The highest BCUT2D eigenvalue weighted by Gasteiger charge is 2.18. The summed E-state index contributed by atoms with van der Waals surface area (Å²) in [5.74, 6) is -1.18. The number of thioether (sulfide) groups is 1. The highest BCUT2D eigenvalue weighted by atomic mass is 32.2. The molecule has 0 aliphatic carbocycles. The van der Waals surface area contributed by atoms with E-state index in [0.717, 1.165) is 17.8 Å². The Morgan fingerprint density at radius 3 is 2.75 bits per heavy atom. The van der Waals surface area contributed by atoms with Gasteiger partial charge in [0.1, 0.15) is 5.69 Å². The van der Waals surface area contributed by atoms with Crippen LogP contribution in [0.4, 0.5) is 10.8 Å². The summed E-state index contributed by atoms with van der Waals surface area (Å²) < 4.78 is 0. The molecule has 0 radical (unpaired) electrons. The number of carbonyl (C=O) groups excluding carboxylic acids is 2. The second-order valence-electron chi connectivity index (χ2n) is 5.39. The first-order valence-electron chi connectivity index (χ1n) is 7.82. The number of aromatic nitrogens is 2. The van der Waals surface area contributed by atoms with E-state index in [4.69, 9.17) is 5.73 Å². The van der Waals surface area contributed by atoms with Gasteiger partial charge in [-0.05, 0) is 24.3 Å². The molecule has 0 saturated carbocycles. The monoisotopic (exact) mass is 415 g/mol. The minimum Gasteiger partial charge on any atom is -0.366 e. The number of anilines is 1. The zero-order valence-corrected chi connectivity index (χ0v) is 15.8. The fourth-order valence-corrected chi connectivity index (χ4v) is 3.72. The minimum atomic E-state index is -0.759. The Morgan fingerprint density at radius 2 is 2.07 bits per heavy atom. The molecule has 9 nitrogen and oxygen atoms in total. The number of hydrogen-bond acceptors (Lipinski definition) is 8. The van der Waals surface area contributed by atoms with Crippen LogP contribution >= 0.6 is 23.1 Å². The van der Waals surface area contributed by atoms with E-state index in [0.29, 0.717) is 16.5 Å². The standard InChI is InChI=1S/C17H13N5O4S2/c18-16(24)10-4-5-14(13(7-10)22(25)26)27-9-15(23)21-17-20-12(8-28-17)11-3-1-2-6-19-11/h1-8H,9H2,(H2,18,24)(H,20,21,23). The molecule has 0 spiro atoms. The van der Waals surface area contributed by atoms with Crippen molar-refractivity contribution in [2.24, 2.45) is 5.73 Å². The van der Waals surface area contributed by atoms with Crippen molar-refractivity contribution in [2.75, 3.05) is 11.1 Å². The van der Waals surface area contributed by atoms with E-state index < -0.39 is 10.8 Å². The Bertz CT molecular complexity index is 1040. The van der Waals surface area contributed by atoms with Gasteiger partial charge in [0.05, 0.1) is 21.3 Å². The van der Waals surface area contributed by atoms with E-state index in [-0.39, 0.29) is 27.8 Å². The molecule has 0 aliphatic heterocycles. The van der Waals surface area contributed by atoms with Gasteiger partial charge in [0.2, 0.25) is 11.8 Å². The van der Waals surface area contributed by atoms with Crippen molar-refractivity contribution in [2.45, 2.75) is 4.90 Å². The van der Waals surface area contributed by atoms with Crippen LogP contribution in [0.5, 0.6) is 0 Å². The van der Waals surface area contributed by atoms with Crippen molar-refractivity contribution >= 4 is 45.7 Å². The summed E-state index contributed by atoms with van der Waals surface area (Å²) in [6, 6.07) is 9.33. The summed E-state index contributed by atoms with van der Waals surface area (Å²) in [6.45, 7) is 0. The fraction of sp³-hybridized carbons (Fsp3) is 0.0588. The van der Waals surface area contributed by atoms with Gasteiger partial charge in [0, 0.05) is 23.2 Å². The van der Waals surface area contributed by atoms with Crippen LogP contribution in [-0.2, 0) is 4.79 Å². The van der Waals surface area contributed by atoms with E-state index in [1.807, 2.05) is 12.1 Å². The number of nitrogens with two attached hydrogens (primary N) is 1. The molecule has 1 aromatic carbocycles. The molecule has 0 aliphatic rings. The average molecular weight is 415 g/mol. The van der Waals surface area contributed by atoms with Crippen molar-refractivity contribution < 1.29 is 14.5 Å². The summed E-state index contributed by atoms with van der Waals surface area (Å²) in [4.78, 5) is 42.7. The highest BCUT2D eigenvalue weighted by molar-refractivity contribution is 8.00. The van der Waals surface area contributed by atoms with Crippen molar-refractivity contribution in [1.82, 2.24) is 9.97 Å². The van der Waals surface area contributed by atoms with Gasteiger partial charge in [0.25, 0.3) is 5.69 Å². The number of carbonyl (C=O) groups is 2. The minimum absolute atomic E-state index is 0.0327. The van der Waals surface area contributed by atoms with Gasteiger partial charge in [0.15, 0.2) is 5.13 Å². The first-order chi connectivity index (χ1) is 13.4. The molecule has 2 heterocycles. The fourth-order valence-electron chi connectivity index (χ4n) is 2.20. The number of amides is 2. The van der Waals surface area contributed by atoms with Crippen molar-refractivity contribution in [3.05, 3.63) is 63.7 Å².